The normalized spacial score (nSPS) is 14.0. The Labute approximate surface area is 373 Å². The fraction of sp³-hybridized carbons (Fsp3) is 0.0392. The number of para-hydroxylation sites is 3. The third kappa shape index (κ3) is 4.91. The van der Waals surface area contributed by atoms with Crippen LogP contribution in [-0.2, 0) is 0 Å². The number of rotatable bonds is 4. The Hall–Kier alpha value is -8.95. The molecule has 7 aromatic carbocycles. The summed E-state index contributed by atoms with van der Waals surface area (Å²) in [4.78, 5) is 16.8. The standard InChI is InChI=1S/C51H31N5O9S/c57-40-36-37-39(43(60)47(64)45(62)41(37)58)55(38(36)42(59)46(63)44(40)61)22-19-20-25-26-12-7-14-29(48(26)66-34(25)21-22)50-52-49(28-13-8-18-33-35(28)27-11-3-6-17-32(27)65-33)53-51(54-50)56-30-15-4-1-9-23(30)24-10-2-5-16-31(24)56/h1-13,15-21,29,57-64H,14H2. The van der Waals surface area contributed by atoms with E-state index in [1.54, 1.807) is 12.1 Å². The van der Waals surface area contributed by atoms with Crippen LogP contribution in [0, 0.1) is 0 Å². The molecule has 1 atom stereocenters. The van der Waals surface area contributed by atoms with Crippen LogP contribution in [0.25, 0.3) is 105 Å². The zero-order chi connectivity index (χ0) is 44.9. The van der Waals surface area contributed by atoms with Crippen molar-refractivity contribution >= 4 is 93.0 Å². The number of aromatic nitrogens is 5. The quantitative estimate of drug-likeness (QED) is 0.0610. The lowest BCUT2D eigenvalue weighted by Gasteiger charge is -2.19. The zero-order valence-corrected chi connectivity index (χ0v) is 34.8. The first-order valence-electron chi connectivity index (χ1n) is 20.8. The Kier molecular flexibility index (Phi) is 7.57. The third-order valence-electron chi connectivity index (χ3n) is 12.8. The first-order chi connectivity index (χ1) is 32.1. The van der Waals surface area contributed by atoms with E-state index in [0.717, 1.165) is 64.3 Å². The first-order valence-corrected chi connectivity index (χ1v) is 21.6. The van der Waals surface area contributed by atoms with Crippen LogP contribution in [0.4, 0.5) is 0 Å². The number of fused-ring (bicyclic) bond motifs is 12. The Balaban J connectivity index is 1.05. The lowest BCUT2D eigenvalue weighted by molar-refractivity contribution is 0.350. The monoisotopic (exact) mass is 889 g/mol. The van der Waals surface area contributed by atoms with Gasteiger partial charge in [0.2, 0.25) is 28.9 Å². The van der Waals surface area contributed by atoms with Crippen LogP contribution in [-0.4, -0.2) is 64.9 Å². The first kappa shape index (κ1) is 37.6. The fourth-order valence-corrected chi connectivity index (χ4v) is 11.2. The molecule has 0 saturated heterocycles. The molecule has 0 radical (unpaired) electrons. The van der Waals surface area contributed by atoms with Gasteiger partial charge in [-0.3, -0.25) is 4.57 Å². The maximum absolute atomic E-state index is 11.3. The summed E-state index contributed by atoms with van der Waals surface area (Å²) < 4.78 is 10.3. The van der Waals surface area contributed by atoms with Crippen LogP contribution in [0.3, 0.4) is 0 Å². The van der Waals surface area contributed by atoms with E-state index in [1.165, 1.54) is 15.9 Å². The summed E-state index contributed by atoms with van der Waals surface area (Å²) in [5.74, 6) is -6.91. The highest BCUT2D eigenvalue weighted by Crippen LogP contribution is 2.59. The number of allylic oxidation sites excluding steroid dienone is 1. The van der Waals surface area contributed by atoms with Gasteiger partial charge in [0.05, 0.1) is 27.7 Å². The molecule has 14 nitrogen and oxygen atoms in total. The number of benzene rings is 7. The smallest absolute Gasteiger partial charge is 0.238 e. The highest BCUT2D eigenvalue weighted by atomic mass is 32.1. The topological polar surface area (TPSA) is 224 Å². The van der Waals surface area contributed by atoms with Gasteiger partial charge in [-0.05, 0) is 48.4 Å². The van der Waals surface area contributed by atoms with Crippen LogP contribution in [0.15, 0.2) is 120 Å². The van der Waals surface area contributed by atoms with Crippen LogP contribution in [0.2, 0.25) is 0 Å². The highest BCUT2D eigenvalue weighted by Gasteiger charge is 2.33. The van der Waals surface area contributed by atoms with Crippen molar-refractivity contribution in [2.75, 3.05) is 0 Å². The van der Waals surface area contributed by atoms with Crippen LogP contribution >= 0.6 is 11.3 Å². The molecule has 0 fully saturated rings. The van der Waals surface area contributed by atoms with Gasteiger partial charge in [0.1, 0.15) is 28.0 Å². The lowest BCUT2D eigenvalue weighted by atomic mass is 9.92. The van der Waals surface area contributed by atoms with Gasteiger partial charge in [0, 0.05) is 47.8 Å². The van der Waals surface area contributed by atoms with Gasteiger partial charge in [-0.25, -0.2) is 4.98 Å². The molecule has 5 heterocycles. The van der Waals surface area contributed by atoms with Gasteiger partial charge in [-0.15, -0.1) is 11.3 Å². The molecule has 0 amide bonds. The number of phenolic OH excluding ortho intramolecular Hbond substituents is 8. The number of aromatic hydroxyl groups is 8. The number of hydrogen-bond acceptors (Lipinski definition) is 13. The van der Waals surface area contributed by atoms with E-state index in [4.69, 9.17) is 19.4 Å². The van der Waals surface area contributed by atoms with Crippen LogP contribution < -0.4 is 0 Å². The molecular weight excluding hydrogens is 859 g/mol. The van der Waals surface area contributed by atoms with E-state index in [1.807, 2.05) is 72.8 Å². The molecule has 1 unspecified atom stereocenters. The lowest BCUT2D eigenvalue weighted by Crippen LogP contribution is -2.13. The SMILES string of the molecule is Oc1c(O)c(O)c2c(c1O)c1c(O)c(O)c(O)c(O)c1n2-c1ccc2c3c(sc2c1)C(c1nc(-c2cccc4oc5ccccc5c24)nc(-n2c4ccccc4c4ccccc42)n1)CC=C3. The summed E-state index contributed by atoms with van der Waals surface area (Å²) in [6.45, 7) is 0. The summed E-state index contributed by atoms with van der Waals surface area (Å²) in [7, 11) is 0. The minimum Gasteiger partial charge on any atom is -0.504 e. The molecule has 12 aromatic rings. The minimum atomic E-state index is -1.10. The Morgan fingerprint density at radius 1 is 0.530 bits per heavy atom. The second-order valence-electron chi connectivity index (χ2n) is 16.3. The van der Waals surface area contributed by atoms with Crippen LogP contribution in [0.1, 0.15) is 28.6 Å². The molecule has 15 heteroatoms. The number of hydrogen-bond donors (Lipinski definition) is 8. The second-order valence-corrected chi connectivity index (χ2v) is 17.4. The molecule has 0 aliphatic heterocycles. The van der Waals surface area contributed by atoms with E-state index < -0.39 is 56.8 Å². The van der Waals surface area contributed by atoms with E-state index in [2.05, 4.69) is 41.0 Å². The molecule has 320 valence electrons. The molecule has 1 aliphatic rings. The molecule has 0 saturated carbocycles. The molecule has 0 bridgehead atoms. The Morgan fingerprint density at radius 2 is 1.14 bits per heavy atom. The molecule has 5 aromatic heterocycles. The summed E-state index contributed by atoms with van der Waals surface area (Å²) in [5, 5.41) is 91.1. The molecule has 13 rings (SSSR count). The Morgan fingerprint density at radius 3 is 1.82 bits per heavy atom. The molecule has 0 spiro atoms. The molecule has 8 N–H and O–H groups in total. The second kappa shape index (κ2) is 13.3. The fourth-order valence-electron chi connectivity index (χ4n) is 9.85. The predicted molar refractivity (Wildman–Crippen MR) is 252 cm³/mol. The van der Waals surface area contributed by atoms with Crippen molar-refractivity contribution in [2.45, 2.75) is 12.3 Å². The van der Waals surface area contributed by atoms with Gasteiger partial charge >= 0.3 is 0 Å². The third-order valence-corrected chi connectivity index (χ3v) is 14.1. The summed E-state index contributed by atoms with van der Waals surface area (Å²) in [6, 6.07) is 35.3. The minimum absolute atomic E-state index is 0.262. The van der Waals surface area contributed by atoms with Crippen molar-refractivity contribution in [2.24, 2.45) is 0 Å². The van der Waals surface area contributed by atoms with Crippen molar-refractivity contribution < 1.29 is 45.3 Å². The molecule has 1 aliphatic carbocycles. The summed E-state index contributed by atoms with van der Waals surface area (Å²) in [6.07, 6.45) is 4.69. The molecule has 66 heavy (non-hydrogen) atoms. The van der Waals surface area contributed by atoms with E-state index in [-0.39, 0.29) is 22.6 Å². The van der Waals surface area contributed by atoms with Gasteiger partial charge < -0.3 is 49.8 Å². The largest absolute Gasteiger partial charge is 0.504 e. The number of furan rings is 1. The zero-order valence-electron chi connectivity index (χ0n) is 34.0. The maximum Gasteiger partial charge on any atom is 0.238 e. The van der Waals surface area contributed by atoms with Crippen molar-refractivity contribution in [3.8, 4) is 69.0 Å². The summed E-state index contributed by atoms with van der Waals surface area (Å²) in [5.41, 5.74) is 4.62. The highest BCUT2D eigenvalue weighted by molar-refractivity contribution is 7.19. The molecular formula is C51H31N5O9S. The number of thiophene rings is 1. The van der Waals surface area contributed by atoms with E-state index >= 15 is 0 Å². The van der Waals surface area contributed by atoms with Crippen LogP contribution in [0.5, 0.6) is 46.0 Å². The van der Waals surface area contributed by atoms with Crippen molar-refractivity contribution in [1.29, 1.82) is 0 Å². The van der Waals surface area contributed by atoms with Crippen molar-refractivity contribution in [3.63, 3.8) is 0 Å². The van der Waals surface area contributed by atoms with Gasteiger partial charge in [-0.1, -0.05) is 84.9 Å². The van der Waals surface area contributed by atoms with Crippen molar-refractivity contribution in [3.05, 3.63) is 132 Å². The predicted octanol–water partition coefficient (Wildman–Crippen LogP) is 11.0. The summed E-state index contributed by atoms with van der Waals surface area (Å²) >= 11 is 1.48. The van der Waals surface area contributed by atoms with Crippen molar-refractivity contribution in [1.82, 2.24) is 24.1 Å². The van der Waals surface area contributed by atoms with Gasteiger partial charge in [0.25, 0.3) is 0 Å². The van der Waals surface area contributed by atoms with E-state index in [9.17, 15) is 40.9 Å². The number of phenols is 8. The average molecular weight is 890 g/mol. The average Bonchev–Trinajstić information content (AvgIpc) is 4.11. The Bertz CT molecular complexity index is 4030. The van der Waals surface area contributed by atoms with Gasteiger partial charge in [0.15, 0.2) is 28.8 Å². The number of nitrogens with zero attached hydrogens (tertiary/aromatic N) is 5. The van der Waals surface area contributed by atoms with Gasteiger partial charge in [-0.2, -0.15) is 9.97 Å². The maximum atomic E-state index is 11.3. The van der Waals surface area contributed by atoms with E-state index in [0.29, 0.717) is 29.6 Å².